The first-order valence-electron chi connectivity index (χ1n) is 21.6. The maximum Gasteiger partial charge on any atom is 0.164 e. The quantitative estimate of drug-likeness (QED) is 0.158. The van der Waals surface area contributed by atoms with E-state index in [1.807, 2.05) is 115 Å². The van der Waals surface area contributed by atoms with Gasteiger partial charge in [0.25, 0.3) is 0 Å². The Morgan fingerprint density at radius 2 is 0.894 bits per heavy atom. The summed E-state index contributed by atoms with van der Waals surface area (Å²) in [5, 5.41) is 25.2. The van der Waals surface area contributed by atoms with Crippen LogP contribution in [-0.2, 0) is 0 Å². The second-order valence-corrected chi connectivity index (χ2v) is 16.1. The fourth-order valence-corrected chi connectivity index (χ4v) is 9.26. The lowest BCUT2D eigenvalue weighted by Gasteiger charge is -2.18. The number of aromatic nitrogens is 6. The number of pyridine rings is 1. The molecule has 0 N–H and O–H groups in total. The van der Waals surface area contributed by atoms with Crippen LogP contribution in [0.5, 0.6) is 0 Å². The molecule has 66 heavy (non-hydrogen) atoms. The zero-order valence-corrected chi connectivity index (χ0v) is 35.2. The lowest BCUT2D eigenvalue weighted by molar-refractivity contribution is 1.07. The Balaban J connectivity index is 1.14. The topological polar surface area (TPSA) is 109 Å². The van der Waals surface area contributed by atoms with E-state index in [0.29, 0.717) is 45.5 Å². The summed E-state index contributed by atoms with van der Waals surface area (Å²) in [5.41, 5.74) is 12.4. The number of nitrogens with zero attached hydrogens (tertiary/aromatic N) is 8. The van der Waals surface area contributed by atoms with E-state index in [1.54, 1.807) is 0 Å². The average molecular weight is 843 g/mol. The molecular weight excluding hydrogens is 809 g/mol. The molecule has 0 aliphatic heterocycles. The molecule has 0 saturated heterocycles. The molecule has 8 heteroatoms. The van der Waals surface area contributed by atoms with Gasteiger partial charge in [-0.05, 0) is 77.9 Å². The Morgan fingerprint density at radius 3 is 1.48 bits per heavy atom. The second kappa shape index (κ2) is 15.7. The van der Waals surface area contributed by atoms with Gasteiger partial charge in [-0.25, -0.2) is 15.0 Å². The smallest absolute Gasteiger partial charge is 0.164 e. The monoisotopic (exact) mass is 842 g/mol. The lowest BCUT2D eigenvalue weighted by atomic mass is 9.98. The van der Waals surface area contributed by atoms with Crippen LogP contribution in [-0.4, -0.2) is 29.1 Å². The van der Waals surface area contributed by atoms with Crippen molar-refractivity contribution in [2.24, 2.45) is 0 Å². The minimum absolute atomic E-state index is 0.424. The number of nitriles is 2. The molecule has 0 aliphatic carbocycles. The highest BCUT2D eigenvalue weighted by Crippen LogP contribution is 2.42. The van der Waals surface area contributed by atoms with Crippen molar-refractivity contribution in [3.63, 3.8) is 0 Å². The molecule has 8 aromatic carbocycles. The van der Waals surface area contributed by atoms with Gasteiger partial charge in [-0.1, -0.05) is 133 Å². The average Bonchev–Trinajstić information content (AvgIpc) is 3.91. The number of para-hydroxylation sites is 3. The molecule has 0 saturated carbocycles. The Bertz CT molecular complexity index is 3840. The molecule has 8 nitrogen and oxygen atoms in total. The minimum Gasteiger partial charge on any atom is -0.309 e. The van der Waals surface area contributed by atoms with Crippen molar-refractivity contribution in [3.05, 3.63) is 218 Å². The van der Waals surface area contributed by atoms with Crippen LogP contribution in [0.1, 0.15) is 11.1 Å². The van der Waals surface area contributed by atoms with E-state index in [4.69, 9.17) is 19.9 Å². The number of fused-ring (bicyclic) bond motifs is 6. The van der Waals surface area contributed by atoms with Gasteiger partial charge < -0.3 is 9.13 Å². The van der Waals surface area contributed by atoms with Gasteiger partial charge in [0.2, 0.25) is 0 Å². The number of hydrogen-bond acceptors (Lipinski definition) is 6. The minimum atomic E-state index is 0.424. The first-order chi connectivity index (χ1) is 32.6. The van der Waals surface area contributed by atoms with E-state index in [2.05, 4.69) is 112 Å². The summed E-state index contributed by atoms with van der Waals surface area (Å²) in [6, 6.07) is 72.0. The maximum absolute atomic E-state index is 11.4. The van der Waals surface area contributed by atoms with E-state index < -0.39 is 0 Å². The summed E-state index contributed by atoms with van der Waals surface area (Å²) in [4.78, 5) is 20.3. The number of hydrogen-bond donors (Lipinski definition) is 0. The summed E-state index contributed by atoms with van der Waals surface area (Å²) in [7, 11) is 0. The predicted octanol–water partition coefficient (Wildman–Crippen LogP) is 13.5. The summed E-state index contributed by atoms with van der Waals surface area (Å²) in [5.74, 6) is 1.48. The third kappa shape index (κ3) is 6.37. The molecule has 12 rings (SSSR count). The molecule has 0 radical (unpaired) electrons. The van der Waals surface area contributed by atoms with Gasteiger partial charge in [-0.3, -0.25) is 4.98 Å². The molecular formula is C58H34N8. The standard InChI is InChI=1S/C58H34N8/c59-35-37-23-25-38(26-24-37)41-27-28-54-48(32-41)47-19-9-12-22-53(47)66(54)55-43(36-60)31-42(58-63-56(39-13-3-1-4-14-39)62-57(64-58)40-15-5-2-6-16-40)33-49(55)50-34-44(29-30-61-50)65-51-20-10-7-17-45(51)46-18-8-11-21-52(46)65/h1-34H. The van der Waals surface area contributed by atoms with Gasteiger partial charge in [0, 0.05) is 55.7 Å². The van der Waals surface area contributed by atoms with E-state index in [1.165, 1.54) is 0 Å². The van der Waals surface area contributed by atoms with Gasteiger partial charge in [0.05, 0.1) is 50.6 Å². The van der Waals surface area contributed by atoms with Crippen molar-refractivity contribution in [3.8, 4) is 80.1 Å². The van der Waals surface area contributed by atoms with Crippen LogP contribution in [0.15, 0.2) is 206 Å². The Morgan fingerprint density at radius 1 is 0.379 bits per heavy atom. The summed E-state index contributed by atoms with van der Waals surface area (Å²) in [6.45, 7) is 0. The molecule has 4 heterocycles. The Labute approximate surface area is 379 Å². The van der Waals surface area contributed by atoms with Crippen LogP contribution in [0.3, 0.4) is 0 Å². The lowest BCUT2D eigenvalue weighted by Crippen LogP contribution is -2.05. The molecule has 4 aromatic heterocycles. The second-order valence-electron chi connectivity index (χ2n) is 16.1. The van der Waals surface area contributed by atoms with Crippen LogP contribution in [0.2, 0.25) is 0 Å². The summed E-state index contributed by atoms with van der Waals surface area (Å²) >= 11 is 0. The van der Waals surface area contributed by atoms with Crippen molar-refractivity contribution in [2.75, 3.05) is 0 Å². The van der Waals surface area contributed by atoms with Crippen LogP contribution in [0.25, 0.3) is 112 Å². The fourth-order valence-electron chi connectivity index (χ4n) is 9.26. The first-order valence-corrected chi connectivity index (χ1v) is 21.6. The van der Waals surface area contributed by atoms with Crippen LogP contribution in [0.4, 0.5) is 0 Å². The van der Waals surface area contributed by atoms with Gasteiger partial charge in [-0.15, -0.1) is 0 Å². The maximum atomic E-state index is 11.4. The van der Waals surface area contributed by atoms with Crippen molar-refractivity contribution < 1.29 is 0 Å². The normalized spacial score (nSPS) is 11.3. The molecule has 0 bridgehead atoms. The van der Waals surface area contributed by atoms with Crippen molar-refractivity contribution in [1.29, 1.82) is 10.5 Å². The highest BCUT2D eigenvalue weighted by atomic mass is 15.0. The molecule has 12 aromatic rings. The van der Waals surface area contributed by atoms with E-state index in [0.717, 1.165) is 77.1 Å². The van der Waals surface area contributed by atoms with E-state index in [9.17, 15) is 10.5 Å². The van der Waals surface area contributed by atoms with Gasteiger partial charge >= 0.3 is 0 Å². The molecule has 0 atom stereocenters. The van der Waals surface area contributed by atoms with Crippen molar-refractivity contribution in [2.45, 2.75) is 0 Å². The van der Waals surface area contributed by atoms with Crippen LogP contribution < -0.4 is 0 Å². The van der Waals surface area contributed by atoms with Gasteiger partial charge in [0.15, 0.2) is 17.5 Å². The molecule has 0 aliphatic rings. The van der Waals surface area contributed by atoms with E-state index >= 15 is 0 Å². The largest absolute Gasteiger partial charge is 0.309 e. The van der Waals surface area contributed by atoms with Crippen molar-refractivity contribution in [1.82, 2.24) is 29.1 Å². The molecule has 0 unspecified atom stereocenters. The summed E-state index contributed by atoms with van der Waals surface area (Å²) in [6.07, 6.45) is 1.84. The first kappa shape index (κ1) is 38.2. The third-order valence-corrected chi connectivity index (χ3v) is 12.3. The highest BCUT2D eigenvalue weighted by molar-refractivity contribution is 6.12. The number of benzene rings is 8. The fraction of sp³-hybridized carbons (Fsp3) is 0. The number of rotatable bonds is 7. The molecule has 0 fully saturated rings. The SMILES string of the molecule is N#Cc1ccc(-c2ccc3c(c2)c2ccccc2n3-c2c(C#N)cc(-c3nc(-c4ccccc4)nc(-c4ccccc4)n3)cc2-c2cc(-n3c4ccccc4c4ccccc43)ccn2)cc1. The summed E-state index contributed by atoms with van der Waals surface area (Å²) < 4.78 is 4.47. The van der Waals surface area contributed by atoms with Crippen molar-refractivity contribution >= 4 is 43.6 Å². The predicted molar refractivity (Wildman–Crippen MR) is 263 cm³/mol. The Kier molecular flexibility index (Phi) is 9.08. The Hall–Kier alpha value is -9.50. The van der Waals surface area contributed by atoms with Gasteiger partial charge in [-0.2, -0.15) is 10.5 Å². The zero-order valence-electron chi connectivity index (χ0n) is 35.2. The molecule has 306 valence electrons. The third-order valence-electron chi connectivity index (χ3n) is 12.3. The van der Waals surface area contributed by atoms with E-state index in [-0.39, 0.29) is 0 Å². The highest BCUT2D eigenvalue weighted by Gasteiger charge is 2.24. The molecule has 0 spiro atoms. The van der Waals surface area contributed by atoms with Crippen LogP contribution >= 0.6 is 0 Å². The van der Waals surface area contributed by atoms with Gasteiger partial charge in [0.1, 0.15) is 6.07 Å². The molecule has 0 amide bonds. The zero-order chi connectivity index (χ0) is 44.1. The van der Waals surface area contributed by atoms with Crippen LogP contribution in [0, 0.1) is 22.7 Å².